The van der Waals surface area contributed by atoms with Gasteiger partial charge >= 0.3 is 15.4 Å². The molecule has 9 heteroatoms. The van der Waals surface area contributed by atoms with E-state index in [1.54, 1.807) is 27.7 Å². The van der Waals surface area contributed by atoms with Gasteiger partial charge in [-0.25, -0.2) is 4.57 Å². The summed E-state index contributed by atoms with van der Waals surface area (Å²) >= 11 is 0. The highest BCUT2D eigenvalue weighted by Gasteiger charge is 2.47. The van der Waals surface area contributed by atoms with Crippen LogP contribution in [0.3, 0.4) is 0 Å². The minimum Gasteiger partial charge on any atom is -0.307 e. The van der Waals surface area contributed by atoms with Crippen molar-refractivity contribution in [1.29, 1.82) is 0 Å². The van der Waals surface area contributed by atoms with Crippen molar-refractivity contribution in [2.75, 3.05) is 26.4 Å². The van der Waals surface area contributed by atoms with Crippen LogP contribution in [0.5, 0.6) is 0 Å². The van der Waals surface area contributed by atoms with Crippen LogP contribution in [-0.4, -0.2) is 32.3 Å². The number of hydrogen-bond acceptors (Lipinski definition) is 7. The van der Waals surface area contributed by atoms with E-state index in [4.69, 9.17) is 22.6 Å². The molecule has 0 aromatic rings. The van der Waals surface area contributed by atoms with Crippen LogP contribution in [0.15, 0.2) is 0 Å². The SMILES string of the molecule is CCOP(=O)(OCC)OC(C1CCCCC1)P(=O)(OCC)OCC. The van der Waals surface area contributed by atoms with Gasteiger partial charge in [0.05, 0.1) is 26.4 Å². The summed E-state index contributed by atoms with van der Waals surface area (Å²) in [5.41, 5.74) is 0. The lowest BCUT2D eigenvalue weighted by Crippen LogP contribution is -2.28. The van der Waals surface area contributed by atoms with Gasteiger partial charge in [-0.3, -0.25) is 18.1 Å². The molecule has 0 aliphatic heterocycles. The molecule has 0 aromatic heterocycles. The number of phosphoric ester groups is 1. The first kappa shape index (κ1) is 22.3. The molecule has 1 atom stereocenters. The number of phosphoric acid groups is 1. The van der Waals surface area contributed by atoms with Gasteiger partial charge in [-0.2, -0.15) is 0 Å². The highest BCUT2D eigenvalue weighted by Crippen LogP contribution is 2.64. The molecule has 1 aliphatic carbocycles. The van der Waals surface area contributed by atoms with Crippen LogP contribution in [0.25, 0.3) is 0 Å². The zero-order valence-corrected chi connectivity index (χ0v) is 17.1. The number of rotatable bonds is 12. The zero-order valence-electron chi connectivity index (χ0n) is 15.3. The van der Waals surface area contributed by atoms with E-state index in [1.807, 2.05) is 0 Å². The molecule has 0 amide bonds. The molecule has 1 aliphatic rings. The van der Waals surface area contributed by atoms with Gasteiger partial charge in [-0.15, -0.1) is 0 Å². The molecular weight excluding hydrogens is 354 g/mol. The Morgan fingerprint density at radius 3 is 1.67 bits per heavy atom. The first-order valence-electron chi connectivity index (χ1n) is 8.90. The van der Waals surface area contributed by atoms with Crippen LogP contribution in [0.1, 0.15) is 59.8 Å². The standard InChI is InChI=1S/C15H32O7P2/c1-5-18-23(16,19-6-2)15(14-12-10-9-11-13-14)22-24(17,20-7-3)21-8-4/h14-15H,5-13H2,1-4H3. The van der Waals surface area contributed by atoms with Crippen molar-refractivity contribution >= 4 is 15.4 Å². The Labute approximate surface area is 145 Å². The molecule has 1 saturated carbocycles. The van der Waals surface area contributed by atoms with Gasteiger partial charge in [0.15, 0.2) is 5.85 Å². The molecule has 1 unspecified atom stereocenters. The lowest BCUT2D eigenvalue weighted by Gasteiger charge is -2.35. The summed E-state index contributed by atoms with van der Waals surface area (Å²) in [7, 11) is -7.41. The van der Waals surface area contributed by atoms with E-state index in [-0.39, 0.29) is 32.3 Å². The van der Waals surface area contributed by atoms with Crippen molar-refractivity contribution in [2.24, 2.45) is 5.92 Å². The van der Waals surface area contributed by atoms with Gasteiger partial charge < -0.3 is 9.05 Å². The highest BCUT2D eigenvalue weighted by molar-refractivity contribution is 7.56. The van der Waals surface area contributed by atoms with Crippen LogP contribution in [0.4, 0.5) is 0 Å². The topological polar surface area (TPSA) is 80.3 Å². The molecule has 0 saturated heterocycles. The van der Waals surface area contributed by atoms with Crippen LogP contribution < -0.4 is 0 Å². The summed E-state index contributed by atoms with van der Waals surface area (Å²) in [5, 5.41) is 0. The molecular formula is C15H32O7P2. The minimum atomic E-state index is -3.82. The van der Waals surface area contributed by atoms with Crippen LogP contribution in [0, 0.1) is 5.92 Å². The summed E-state index contributed by atoms with van der Waals surface area (Å²) < 4.78 is 53.2. The van der Waals surface area contributed by atoms with Gasteiger partial charge in [-0.05, 0) is 46.5 Å². The van der Waals surface area contributed by atoms with E-state index in [2.05, 4.69) is 0 Å². The molecule has 0 N–H and O–H groups in total. The predicted molar refractivity (Wildman–Crippen MR) is 93.2 cm³/mol. The molecule has 0 spiro atoms. The van der Waals surface area contributed by atoms with Crippen molar-refractivity contribution in [3.05, 3.63) is 0 Å². The summed E-state index contributed by atoms with van der Waals surface area (Å²) in [6, 6.07) is 0. The van der Waals surface area contributed by atoms with Crippen LogP contribution >= 0.6 is 15.4 Å². The molecule has 7 nitrogen and oxygen atoms in total. The molecule has 1 fully saturated rings. The zero-order chi connectivity index (χ0) is 18.1. The van der Waals surface area contributed by atoms with E-state index in [9.17, 15) is 9.13 Å². The van der Waals surface area contributed by atoms with E-state index in [0.29, 0.717) is 0 Å². The largest absolute Gasteiger partial charge is 0.475 e. The fourth-order valence-electron chi connectivity index (χ4n) is 2.91. The third kappa shape index (κ3) is 6.53. The van der Waals surface area contributed by atoms with Crippen molar-refractivity contribution in [1.82, 2.24) is 0 Å². The van der Waals surface area contributed by atoms with Gasteiger partial charge in [0.2, 0.25) is 0 Å². The Morgan fingerprint density at radius 2 is 1.25 bits per heavy atom. The average Bonchev–Trinajstić information content (AvgIpc) is 2.54. The third-order valence-corrected chi connectivity index (χ3v) is 7.98. The quantitative estimate of drug-likeness (QED) is 0.418. The van der Waals surface area contributed by atoms with Gasteiger partial charge in [0.25, 0.3) is 0 Å². The summed E-state index contributed by atoms with van der Waals surface area (Å²) in [6.45, 7) is 7.67. The smallest absolute Gasteiger partial charge is 0.307 e. The van der Waals surface area contributed by atoms with Crippen molar-refractivity contribution in [3.63, 3.8) is 0 Å². The Kier molecular flexibility index (Phi) is 10.3. The fourth-order valence-corrected chi connectivity index (χ4v) is 6.89. The second-order valence-corrected chi connectivity index (χ2v) is 9.28. The summed E-state index contributed by atoms with van der Waals surface area (Å²) in [6.07, 6.45) is 4.80. The molecule has 24 heavy (non-hydrogen) atoms. The van der Waals surface area contributed by atoms with Gasteiger partial charge in [0.1, 0.15) is 0 Å². The van der Waals surface area contributed by atoms with Gasteiger partial charge in [0, 0.05) is 0 Å². The average molecular weight is 386 g/mol. The minimum absolute atomic E-state index is 0.0584. The molecule has 0 aromatic carbocycles. The maximum atomic E-state index is 13.3. The first-order chi connectivity index (χ1) is 11.4. The Bertz CT molecular complexity index is 418. The third-order valence-electron chi connectivity index (χ3n) is 3.79. The molecule has 144 valence electrons. The monoisotopic (exact) mass is 386 g/mol. The summed E-state index contributed by atoms with van der Waals surface area (Å²) in [4.78, 5) is 0. The highest BCUT2D eigenvalue weighted by atomic mass is 31.2. The Hall–Kier alpha value is 0.260. The van der Waals surface area contributed by atoms with E-state index in [1.165, 1.54) is 0 Å². The fraction of sp³-hybridized carbons (Fsp3) is 1.00. The van der Waals surface area contributed by atoms with Crippen molar-refractivity contribution in [2.45, 2.75) is 65.6 Å². The Morgan fingerprint density at radius 1 is 0.792 bits per heavy atom. The van der Waals surface area contributed by atoms with Crippen LogP contribution in [-0.2, 0) is 31.7 Å². The molecule has 0 heterocycles. The lowest BCUT2D eigenvalue weighted by molar-refractivity contribution is 0.0576. The van der Waals surface area contributed by atoms with Crippen molar-refractivity contribution < 1.29 is 31.7 Å². The molecule has 0 bridgehead atoms. The molecule has 0 radical (unpaired) electrons. The normalized spacial score (nSPS) is 18.7. The maximum absolute atomic E-state index is 13.3. The second-order valence-electron chi connectivity index (χ2n) is 5.55. The van der Waals surface area contributed by atoms with E-state index >= 15 is 0 Å². The van der Waals surface area contributed by atoms with E-state index in [0.717, 1.165) is 32.1 Å². The summed E-state index contributed by atoms with van der Waals surface area (Å²) in [5.74, 6) is -1.00. The van der Waals surface area contributed by atoms with E-state index < -0.39 is 21.3 Å². The lowest BCUT2D eigenvalue weighted by atomic mass is 9.90. The van der Waals surface area contributed by atoms with Crippen molar-refractivity contribution in [3.8, 4) is 0 Å². The van der Waals surface area contributed by atoms with Gasteiger partial charge in [-0.1, -0.05) is 19.3 Å². The van der Waals surface area contributed by atoms with Crippen LogP contribution in [0.2, 0.25) is 0 Å². The molecule has 1 rings (SSSR count). The first-order valence-corrected chi connectivity index (χ1v) is 12.0. The maximum Gasteiger partial charge on any atom is 0.475 e. The second kappa shape index (κ2) is 11.1. The number of hydrogen-bond donors (Lipinski definition) is 0. The Balaban J connectivity index is 3.10. The predicted octanol–water partition coefficient (Wildman–Crippen LogP) is 5.36.